The quantitative estimate of drug-likeness (QED) is 0.637. The predicted octanol–water partition coefficient (Wildman–Crippen LogP) is 2.80. The summed E-state index contributed by atoms with van der Waals surface area (Å²) in [5.41, 5.74) is 4.15. The normalized spacial score (nSPS) is 16.3. The van der Waals surface area contributed by atoms with Crippen molar-refractivity contribution in [2.45, 2.75) is 32.1 Å². The molecule has 1 aliphatic carbocycles. The zero-order valence-electron chi connectivity index (χ0n) is 7.88. The molecule has 1 atom stereocenters. The van der Waals surface area contributed by atoms with Crippen LogP contribution in [0.15, 0.2) is 18.2 Å². The molecule has 0 aromatic heterocycles. The van der Waals surface area contributed by atoms with Crippen LogP contribution in [0.25, 0.3) is 0 Å². The fourth-order valence-electron chi connectivity index (χ4n) is 2.12. The average molecular weight is 171 g/mol. The number of aryl methyl sites for hydroxylation is 1. The fraction of sp³-hybridized carbons (Fsp3) is 0.417. The predicted molar refractivity (Wildman–Crippen MR) is 52.5 cm³/mol. The maximum absolute atomic E-state index is 8.87. The first-order valence-electron chi connectivity index (χ1n) is 4.83. The van der Waals surface area contributed by atoms with Crippen molar-refractivity contribution in [3.8, 4) is 6.07 Å². The van der Waals surface area contributed by atoms with Gasteiger partial charge in [-0.25, -0.2) is 0 Å². The molecule has 0 amide bonds. The highest BCUT2D eigenvalue weighted by Crippen LogP contribution is 2.29. The van der Waals surface area contributed by atoms with Crippen molar-refractivity contribution < 1.29 is 0 Å². The van der Waals surface area contributed by atoms with Gasteiger partial charge in [0.15, 0.2) is 0 Å². The average Bonchev–Trinajstić information content (AvgIpc) is 2.63. The van der Waals surface area contributed by atoms with Crippen LogP contribution in [0.4, 0.5) is 0 Å². The van der Waals surface area contributed by atoms with Crippen molar-refractivity contribution in [3.63, 3.8) is 0 Å². The molecule has 0 saturated carbocycles. The van der Waals surface area contributed by atoms with Crippen LogP contribution in [-0.4, -0.2) is 0 Å². The molecule has 1 aromatic rings. The van der Waals surface area contributed by atoms with Crippen molar-refractivity contribution >= 4 is 0 Å². The van der Waals surface area contributed by atoms with Gasteiger partial charge in [0, 0.05) is 0 Å². The molecule has 0 heterocycles. The van der Waals surface area contributed by atoms with Crippen LogP contribution >= 0.6 is 0 Å². The second-order valence-electron chi connectivity index (χ2n) is 3.69. The van der Waals surface area contributed by atoms with E-state index in [0.717, 1.165) is 6.42 Å². The zero-order chi connectivity index (χ0) is 9.26. The van der Waals surface area contributed by atoms with Crippen LogP contribution in [-0.2, 0) is 12.8 Å². The first-order valence-corrected chi connectivity index (χ1v) is 4.83. The molecule has 1 aromatic carbocycles. The van der Waals surface area contributed by atoms with Gasteiger partial charge in [-0.15, -0.1) is 0 Å². The minimum absolute atomic E-state index is 0.0491. The number of benzene rings is 1. The molecule has 0 N–H and O–H groups in total. The second-order valence-corrected chi connectivity index (χ2v) is 3.69. The van der Waals surface area contributed by atoms with E-state index in [1.54, 1.807) is 0 Å². The summed E-state index contributed by atoms with van der Waals surface area (Å²) in [6.07, 6.45) is 3.61. The molecule has 13 heavy (non-hydrogen) atoms. The van der Waals surface area contributed by atoms with Crippen molar-refractivity contribution in [2.24, 2.45) is 0 Å². The Labute approximate surface area is 79.0 Å². The molecular weight excluding hydrogens is 158 g/mol. The van der Waals surface area contributed by atoms with Gasteiger partial charge in [0.2, 0.25) is 0 Å². The molecule has 1 nitrogen and oxygen atoms in total. The van der Waals surface area contributed by atoms with Gasteiger partial charge >= 0.3 is 0 Å². The largest absolute Gasteiger partial charge is 0.198 e. The maximum atomic E-state index is 8.87. The van der Waals surface area contributed by atoms with Crippen LogP contribution < -0.4 is 0 Å². The van der Waals surface area contributed by atoms with E-state index in [0.29, 0.717) is 0 Å². The first kappa shape index (κ1) is 8.31. The molecule has 66 valence electrons. The van der Waals surface area contributed by atoms with E-state index in [1.165, 1.54) is 29.5 Å². The smallest absolute Gasteiger partial charge is 0.0701 e. The Bertz CT molecular complexity index is 360. The number of hydrogen-bond donors (Lipinski definition) is 0. The molecule has 0 aliphatic heterocycles. The fourth-order valence-corrected chi connectivity index (χ4v) is 2.12. The third kappa shape index (κ3) is 1.33. The van der Waals surface area contributed by atoms with Gasteiger partial charge in [0.05, 0.1) is 12.0 Å². The number of hydrogen-bond acceptors (Lipinski definition) is 1. The molecule has 0 saturated heterocycles. The summed E-state index contributed by atoms with van der Waals surface area (Å²) >= 11 is 0. The lowest BCUT2D eigenvalue weighted by molar-refractivity contribution is 0.893. The molecule has 1 heteroatoms. The highest BCUT2D eigenvalue weighted by Gasteiger charge is 2.17. The lowest BCUT2D eigenvalue weighted by Gasteiger charge is -2.09. The van der Waals surface area contributed by atoms with Gasteiger partial charge in [0.1, 0.15) is 0 Å². The minimum atomic E-state index is 0.0491. The highest BCUT2D eigenvalue weighted by atomic mass is 14.3. The number of nitrogens with zero attached hydrogens (tertiary/aromatic N) is 1. The molecule has 2 rings (SSSR count). The molecule has 1 aliphatic rings. The van der Waals surface area contributed by atoms with Crippen molar-refractivity contribution in [3.05, 3.63) is 34.9 Å². The van der Waals surface area contributed by atoms with Crippen LogP contribution in [0.1, 0.15) is 36.0 Å². The molecule has 0 radical (unpaired) electrons. The SMILES string of the molecule is CC(C#N)c1cccc2c1CCC2. The Morgan fingerprint density at radius 3 is 3.00 bits per heavy atom. The van der Waals surface area contributed by atoms with Crippen LogP contribution in [0.3, 0.4) is 0 Å². The summed E-state index contributed by atoms with van der Waals surface area (Å²) in [5, 5.41) is 8.87. The second kappa shape index (κ2) is 3.22. The standard InChI is InChI=1S/C12H13N/c1-9(8-13)11-6-2-4-10-5-3-7-12(10)11/h2,4,6,9H,3,5,7H2,1H3. The lowest BCUT2D eigenvalue weighted by Crippen LogP contribution is -1.96. The summed E-state index contributed by atoms with van der Waals surface area (Å²) in [6.45, 7) is 1.98. The topological polar surface area (TPSA) is 23.8 Å². The van der Waals surface area contributed by atoms with Crippen molar-refractivity contribution in [1.29, 1.82) is 5.26 Å². The summed E-state index contributed by atoms with van der Waals surface area (Å²) < 4.78 is 0. The summed E-state index contributed by atoms with van der Waals surface area (Å²) in [4.78, 5) is 0. The lowest BCUT2D eigenvalue weighted by atomic mass is 9.94. The molecule has 0 fully saturated rings. The van der Waals surface area contributed by atoms with Crippen molar-refractivity contribution in [1.82, 2.24) is 0 Å². The van der Waals surface area contributed by atoms with E-state index in [2.05, 4.69) is 24.3 Å². The molecule has 0 bridgehead atoms. The molecule has 1 unspecified atom stereocenters. The van der Waals surface area contributed by atoms with Gasteiger partial charge in [-0.1, -0.05) is 18.2 Å². The van der Waals surface area contributed by atoms with Gasteiger partial charge < -0.3 is 0 Å². The first-order chi connectivity index (χ1) is 6.33. The van der Waals surface area contributed by atoms with Crippen LogP contribution in [0.2, 0.25) is 0 Å². The maximum Gasteiger partial charge on any atom is 0.0701 e. The van der Waals surface area contributed by atoms with Crippen LogP contribution in [0.5, 0.6) is 0 Å². The number of rotatable bonds is 1. The van der Waals surface area contributed by atoms with Gasteiger partial charge in [-0.05, 0) is 42.9 Å². The van der Waals surface area contributed by atoms with E-state index in [9.17, 15) is 0 Å². The summed E-state index contributed by atoms with van der Waals surface area (Å²) in [5.74, 6) is 0.0491. The third-order valence-corrected chi connectivity index (χ3v) is 2.84. The van der Waals surface area contributed by atoms with Crippen molar-refractivity contribution in [2.75, 3.05) is 0 Å². The minimum Gasteiger partial charge on any atom is -0.198 e. The Kier molecular flexibility index (Phi) is 2.06. The third-order valence-electron chi connectivity index (χ3n) is 2.84. The van der Waals surface area contributed by atoms with E-state index in [1.807, 2.05) is 6.92 Å². The van der Waals surface area contributed by atoms with E-state index >= 15 is 0 Å². The van der Waals surface area contributed by atoms with E-state index < -0.39 is 0 Å². The van der Waals surface area contributed by atoms with Gasteiger partial charge in [-0.3, -0.25) is 0 Å². The highest BCUT2D eigenvalue weighted by molar-refractivity contribution is 5.41. The van der Waals surface area contributed by atoms with E-state index in [-0.39, 0.29) is 5.92 Å². The van der Waals surface area contributed by atoms with E-state index in [4.69, 9.17) is 5.26 Å². The number of fused-ring (bicyclic) bond motifs is 1. The van der Waals surface area contributed by atoms with Gasteiger partial charge in [0.25, 0.3) is 0 Å². The Balaban J connectivity index is 2.48. The number of nitriles is 1. The molecular formula is C12H13N. The van der Waals surface area contributed by atoms with Gasteiger partial charge in [-0.2, -0.15) is 5.26 Å². The Morgan fingerprint density at radius 1 is 1.38 bits per heavy atom. The zero-order valence-corrected chi connectivity index (χ0v) is 7.88. The van der Waals surface area contributed by atoms with Crippen LogP contribution in [0, 0.1) is 11.3 Å². The summed E-state index contributed by atoms with van der Waals surface area (Å²) in [6, 6.07) is 8.67. The monoisotopic (exact) mass is 171 g/mol. The Morgan fingerprint density at radius 2 is 2.23 bits per heavy atom. The summed E-state index contributed by atoms with van der Waals surface area (Å²) in [7, 11) is 0. The molecule has 0 spiro atoms. The Hall–Kier alpha value is -1.29.